The molecule has 2 nitrogen and oxygen atoms in total. The Morgan fingerprint density at radius 1 is 1.00 bits per heavy atom. The zero-order valence-corrected chi connectivity index (χ0v) is 11.6. The van der Waals surface area contributed by atoms with Crippen LogP contribution in [-0.2, 0) is 0 Å². The van der Waals surface area contributed by atoms with Gasteiger partial charge in [-0.3, -0.25) is 0 Å². The highest BCUT2D eigenvalue weighted by Crippen LogP contribution is 2.33. The van der Waals surface area contributed by atoms with Crippen molar-refractivity contribution in [2.45, 2.75) is 44.6 Å². The van der Waals surface area contributed by atoms with Crippen LogP contribution in [0.5, 0.6) is 0 Å². The van der Waals surface area contributed by atoms with Crippen molar-refractivity contribution < 1.29 is 5.11 Å². The van der Waals surface area contributed by atoms with Crippen molar-refractivity contribution in [1.29, 1.82) is 0 Å². The van der Waals surface area contributed by atoms with E-state index in [4.69, 9.17) is 0 Å². The third-order valence-corrected chi connectivity index (χ3v) is 4.10. The van der Waals surface area contributed by atoms with Crippen LogP contribution in [0.2, 0.25) is 0 Å². The van der Waals surface area contributed by atoms with E-state index >= 15 is 0 Å². The first-order valence-electron chi connectivity index (χ1n) is 7.14. The number of aliphatic hydroxyl groups excluding tert-OH is 1. The number of hydrogen-bond donors (Lipinski definition) is 1. The zero-order valence-electron chi connectivity index (χ0n) is 11.6. The van der Waals surface area contributed by atoms with Gasteiger partial charge in [0.1, 0.15) is 0 Å². The smallest absolute Gasteiger partial charge is 0.0818 e. The summed E-state index contributed by atoms with van der Waals surface area (Å²) >= 11 is 0. The van der Waals surface area contributed by atoms with Gasteiger partial charge < -0.3 is 10.0 Å². The number of anilines is 1. The molecule has 0 aromatic heterocycles. The Morgan fingerprint density at radius 2 is 1.56 bits per heavy atom. The molecule has 0 amide bonds. The first-order chi connectivity index (χ1) is 8.68. The summed E-state index contributed by atoms with van der Waals surface area (Å²) < 4.78 is 0. The number of aliphatic hydroxyl groups is 1. The summed E-state index contributed by atoms with van der Waals surface area (Å²) in [5.41, 5.74) is 2.26. The minimum absolute atomic E-state index is 0.278. The molecule has 1 unspecified atom stereocenters. The van der Waals surface area contributed by atoms with Crippen LogP contribution in [0.1, 0.15) is 50.2 Å². The van der Waals surface area contributed by atoms with Crippen LogP contribution in [0.4, 0.5) is 5.69 Å². The predicted molar refractivity (Wildman–Crippen MR) is 76.9 cm³/mol. The fourth-order valence-corrected chi connectivity index (χ4v) is 2.87. The lowest BCUT2D eigenvalue weighted by molar-refractivity contribution is 0.0988. The van der Waals surface area contributed by atoms with Crippen molar-refractivity contribution in [2.24, 2.45) is 5.92 Å². The highest BCUT2D eigenvalue weighted by molar-refractivity contribution is 5.46. The molecule has 100 valence electrons. The summed E-state index contributed by atoms with van der Waals surface area (Å²) in [7, 11) is 4.08. The van der Waals surface area contributed by atoms with Gasteiger partial charge in [-0.1, -0.05) is 37.8 Å². The lowest BCUT2D eigenvalue weighted by atomic mass is 9.89. The Hall–Kier alpha value is -1.02. The van der Waals surface area contributed by atoms with Gasteiger partial charge in [0.15, 0.2) is 0 Å². The van der Waals surface area contributed by atoms with Crippen LogP contribution in [0.25, 0.3) is 0 Å². The highest BCUT2D eigenvalue weighted by atomic mass is 16.3. The highest BCUT2D eigenvalue weighted by Gasteiger charge is 2.21. The predicted octanol–water partition coefficient (Wildman–Crippen LogP) is 3.76. The fourth-order valence-electron chi connectivity index (χ4n) is 2.87. The molecule has 0 spiro atoms. The first-order valence-corrected chi connectivity index (χ1v) is 7.14. The average molecular weight is 247 g/mol. The van der Waals surface area contributed by atoms with E-state index in [1.165, 1.54) is 44.2 Å². The van der Waals surface area contributed by atoms with Crippen LogP contribution in [0.3, 0.4) is 0 Å². The van der Waals surface area contributed by atoms with Gasteiger partial charge in [-0.2, -0.15) is 0 Å². The van der Waals surface area contributed by atoms with E-state index in [0.717, 1.165) is 5.56 Å². The molecule has 1 atom stereocenters. The van der Waals surface area contributed by atoms with Gasteiger partial charge in [0.2, 0.25) is 0 Å². The maximum atomic E-state index is 10.5. The molecule has 0 aliphatic heterocycles. The van der Waals surface area contributed by atoms with Crippen LogP contribution in [-0.4, -0.2) is 19.2 Å². The molecule has 0 saturated heterocycles. The lowest BCUT2D eigenvalue weighted by Crippen LogP contribution is -2.13. The molecule has 2 rings (SSSR count). The summed E-state index contributed by atoms with van der Waals surface area (Å²) in [6.07, 6.45) is 7.30. The Bertz CT molecular complexity index is 350. The average Bonchev–Trinajstić information content (AvgIpc) is 2.67. The summed E-state index contributed by atoms with van der Waals surface area (Å²) in [5.74, 6) is 0.456. The maximum absolute atomic E-state index is 10.5. The molecule has 18 heavy (non-hydrogen) atoms. The van der Waals surface area contributed by atoms with Gasteiger partial charge >= 0.3 is 0 Å². The van der Waals surface area contributed by atoms with Gasteiger partial charge in [0.25, 0.3) is 0 Å². The molecule has 1 fully saturated rings. The molecular formula is C16H25NO. The molecule has 0 bridgehead atoms. The van der Waals surface area contributed by atoms with E-state index in [-0.39, 0.29) is 6.10 Å². The Kier molecular flexibility index (Phi) is 4.65. The van der Waals surface area contributed by atoms with E-state index in [0.29, 0.717) is 5.92 Å². The fraction of sp³-hybridized carbons (Fsp3) is 0.625. The van der Waals surface area contributed by atoms with Crippen molar-refractivity contribution in [1.82, 2.24) is 0 Å². The van der Waals surface area contributed by atoms with Crippen LogP contribution >= 0.6 is 0 Å². The third-order valence-electron chi connectivity index (χ3n) is 4.10. The molecule has 0 radical (unpaired) electrons. The summed E-state index contributed by atoms with van der Waals surface area (Å²) in [6.45, 7) is 0. The molecule has 1 aromatic rings. The standard InChI is InChI=1S/C16H25NO/c1-17(2)15-11-9-14(10-12-15)16(18)13-7-5-3-4-6-8-13/h9-13,16,18H,3-8H2,1-2H3. The molecule has 2 heteroatoms. The van der Waals surface area contributed by atoms with Crippen LogP contribution < -0.4 is 4.90 Å². The lowest BCUT2D eigenvalue weighted by Gasteiger charge is -2.22. The largest absolute Gasteiger partial charge is 0.388 e. The topological polar surface area (TPSA) is 23.5 Å². The van der Waals surface area contributed by atoms with Gasteiger partial charge in [-0.05, 0) is 36.5 Å². The molecule has 0 heterocycles. The van der Waals surface area contributed by atoms with E-state index in [1.807, 2.05) is 14.1 Å². The van der Waals surface area contributed by atoms with E-state index in [1.54, 1.807) is 0 Å². The minimum atomic E-state index is -0.278. The van der Waals surface area contributed by atoms with E-state index in [2.05, 4.69) is 29.2 Å². The molecule has 1 aliphatic carbocycles. The summed E-state index contributed by atoms with van der Waals surface area (Å²) in [5, 5.41) is 10.5. The Balaban J connectivity index is 2.05. The molecular weight excluding hydrogens is 222 g/mol. The van der Waals surface area contributed by atoms with E-state index < -0.39 is 0 Å². The second-order valence-corrected chi connectivity index (χ2v) is 5.68. The van der Waals surface area contributed by atoms with Crippen LogP contribution in [0.15, 0.2) is 24.3 Å². The van der Waals surface area contributed by atoms with Crippen LogP contribution in [0, 0.1) is 5.92 Å². The van der Waals surface area contributed by atoms with Gasteiger partial charge in [0.05, 0.1) is 6.10 Å². The number of benzene rings is 1. The number of rotatable bonds is 3. The zero-order chi connectivity index (χ0) is 13.0. The normalized spacial score (nSPS) is 19.3. The SMILES string of the molecule is CN(C)c1ccc(C(O)C2CCCCCC2)cc1. The monoisotopic (exact) mass is 247 g/mol. The minimum Gasteiger partial charge on any atom is -0.388 e. The van der Waals surface area contributed by atoms with Gasteiger partial charge in [-0.15, -0.1) is 0 Å². The molecule has 1 N–H and O–H groups in total. The summed E-state index contributed by atoms with van der Waals surface area (Å²) in [4.78, 5) is 2.09. The van der Waals surface area contributed by atoms with Crippen molar-refractivity contribution in [3.63, 3.8) is 0 Å². The third kappa shape index (κ3) is 3.26. The maximum Gasteiger partial charge on any atom is 0.0818 e. The molecule has 1 saturated carbocycles. The second-order valence-electron chi connectivity index (χ2n) is 5.68. The van der Waals surface area contributed by atoms with E-state index in [9.17, 15) is 5.11 Å². The molecule has 1 aliphatic rings. The first kappa shape index (κ1) is 13.4. The Labute approximate surface area is 111 Å². The van der Waals surface area contributed by atoms with Crippen molar-refractivity contribution in [3.05, 3.63) is 29.8 Å². The Morgan fingerprint density at radius 3 is 2.06 bits per heavy atom. The van der Waals surface area contributed by atoms with Crippen molar-refractivity contribution in [2.75, 3.05) is 19.0 Å². The van der Waals surface area contributed by atoms with Crippen molar-refractivity contribution >= 4 is 5.69 Å². The van der Waals surface area contributed by atoms with Gasteiger partial charge in [-0.25, -0.2) is 0 Å². The number of hydrogen-bond acceptors (Lipinski definition) is 2. The second kappa shape index (κ2) is 6.24. The molecule has 1 aromatic carbocycles. The van der Waals surface area contributed by atoms with Crippen molar-refractivity contribution in [3.8, 4) is 0 Å². The number of nitrogens with zero attached hydrogens (tertiary/aromatic N) is 1. The quantitative estimate of drug-likeness (QED) is 0.822. The summed E-state index contributed by atoms with van der Waals surface area (Å²) in [6, 6.07) is 8.33. The van der Waals surface area contributed by atoms with Gasteiger partial charge in [0, 0.05) is 19.8 Å².